The van der Waals surface area contributed by atoms with Crippen LogP contribution in [-0.2, 0) is 40.0 Å². The van der Waals surface area contributed by atoms with Crippen molar-refractivity contribution in [2.75, 3.05) is 22.9 Å². The van der Waals surface area contributed by atoms with E-state index in [0.717, 1.165) is 67.0 Å². The minimum atomic E-state index is -0.837. The van der Waals surface area contributed by atoms with E-state index in [0.29, 0.717) is 50.6 Å². The lowest BCUT2D eigenvalue weighted by molar-refractivity contribution is -0.121. The number of benzene rings is 4. The van der Waals surface area contributed by atoms with Gasteiger partial charge < -0.3 is 34.4 Å². The SMILES string of the molecule is CC(C)(C)OC(=O)N[C@@H](Cc1ccccc1)C(=O)N1CCc2c(-c3n[nH]c(=S)o3)cc(-c3ccncc3)cc21.N[C@@H](Cc1ccccc1)C(=O)N1CCc2c(-c3n[nH]c(=S)o3)cc(-c3ccncc3)cc21. The zero-order valence-electron chi connectivity index (χ0n) is 39.1. The number of nitrogens with one attached hydrogen (secondary N) is 3. The van der Waals surface area contributed by atoms with Crippen molar-refractivity contribution in [2.45, 2.75) is 64.1 Å². The number of pyridine rings is 2. The molecule has 2 atom stereocenters. The van der Waals surface area contributed by atoms with Crippen LogP contribution in [0.15, 0.2) is 143 Å². The Hall–Kier alpha value is -7.93. The smallest absolute Gasteiger partial charge is 0.408 e. The zero-order chi connectivity index (χ0) is 49.6. The van der Waals surface area contributed by atoms with Gasteiger partial charge in [0.25, 0.3) is 9.67 Å². The van der Waals surface area contributed by atoms with Gasteiger partial charge in [0.2, 0.25) is 23.6 Å². The summed E-state index contributed by atoms with van der Waals surface area (Å²) in [7, 11) is 0. The Morgan fingerprint density at radius 2 is 1.11 bits per heavy atom. The number of anilines is 2. The third-order valence-electron chi connectivity index (χ3n) is 12.0. The lowest BCUT2D eigenvalue weighted by Crippen LogP contribution is -2.50. The number of aromatic nitrogens is 6. The minimum absolute atomic E-state index is 0.103. The van der Waals surface area contributed by atoms with E-state index in [1.54, 1.807) is 55.4 Å². The van der Waals surface area contributed by atoms with E-state index in [4.69, 9.17) is 43.7 Å². The van der Waals surface area contributed by atoms with Crippen molar-refractivity contribution < 1.29 is 28.0 Å². The predicted molar refractivity (Wildman–Crippen MR) is 274 cm³/mol. The van der Waals surface area contributed by atoms with Gasteiger partial charge >= 0.3 is 6.09 Å². The van der Waals surface area contributed by atoms with Crippen LogP contribution in [-0.4, -0.2) is 79.0 Å². The van der Waals surface area contributed by atoms with Crippen LogP contribution >= 0.6 is 24.4 Å². The second-order valence-corrected chi connectivity index (χ2v) is 18.8. The number of carbonyl (C=O) groups is 3. The maximum Gasteiger partial charge on any atom is 0.408 e. The van der Waals surface area contributed by atoms with Gasteiger partial charge in [-0.3, -0.25) is 19.6 Å². The molecule has 360 valence electrons. The van der Waals surface area contributed by atoms with Crippen molar-refractivity contribution in [1.29, 1.82) is 0 Å². The molecule has 71 heavy (non-hydrogen) atoms. The number of rotatable bonds is 11. The summed E-state index contributed by atoms with van der Waals surface area (Å²) in [5, 5.41) is 16.7. The number of nitrogens with zero attached hydrogens (tertiary/aromatic N) is 6. The molecule has 6 heterocycles. The Bertz CT molecular complexity index is 3300. The van der Waals surface area contributed by atoms with Crippen LogP contribution in [0.3, 0.4) is 0 Å². The number of nitrogens with two attached hydrogens (primary N) is 1. The number of amides is 3. The van der Waals surface area contributed by atoms with Crippen molar-refractivity contribution >= 4 is 53.7 Å². The van der Waals surface area contributed by atoms with Gasteiger partial charge in [-0.2, -0.15) is 0 Å². The van der Waals surface area contributed by atoms with E-state index >= 15 is 0 Å². The first kappa shape index (κ1) is 48.1. The highest BCUT2D eigenvalue weighted by molar-refractivity contribution is 7.71. The van der Waals surface area contributed by atoms with Crippen LogP contribution in [0.5, 0.6) is 0 Å². The Morgan fingerprint density at radius 3 is 1.55 bits per heavy atom. The quantitative estimate of drug-likeness (QED) is 0.0890. The van der Waals surface area contributed by atoms with Crippen molar-refractivity contribution in [3.8, 4) is 45.2 Å². The first-order valence-corrected chi connectivity index (χ1v) is 23.8. The van der Waals surface area contributed by atoms with Crippen LogP contribution < -0.4 is 20.9 Å². The Kier molecular flexibility index (Phi) is 14.2. The molecular weight excluding hydrogens is 937 g/mol. The fraction of sp³-hybridized carbons (Fsp3) is 0.226. The summed E-state index contributed by atoms with van der Waals surface area (Å²) in [6.45, 7) is 6.34. The van der Waals surface area contributed by atoms with E-state index < -0.39 is 23.8 Å². The highest BCUT2D eigenvalue weighted by Crippen LogP contribution is 2.42. The number of ether oxygens (including phenoxy) is 1. The van der Waals surface area contributed by atoms with E-state index in [-0.39, 0.29) is 21.5 Å². The molecule has 4 aromatic heterocycles. The van der Waals surface area contributed by atoms with E-state index in [2.05, 4.69) is 35.7 Å². The molecule has 16 nitrogen and oxygen atoms in total. The number of carbonyl (C=O) groups excluding carboxylic acids is 3. The average Bonchev–Trinajstić information content (AvgIpc) is 4.21. The Balaban J connectivity index is 0.000000179. The molecule has 18 heteroatoms. The van der Waals surface area contributed by atoms with Gasteiger partial charge in [-0.05, 0) is 158 Å². The lowest BCUT2D eigenvalue weighted by atomic mass is 9.97. The maximum atomic E-state index is 14.1. The van der Waals surface area contributed by atoms with Gasteiger partial charge in [0.05, 0.1) is 6.04 Å². The summed E-state index contributed by atoms with van der Waals surface area (Å²) in [5.74, 6) is 0.428. The molecule has 10 rings (SSSR count). The van der Waals surface area contributed by atoms with Crippen LogP contribution in [0.25, 0.3) is 45.2 Å². The maximum absolute atomic E-state index is 14.1. The van der Waals surface area contributed by atoms with Gasteiger partial charge in [0.15, 0.2) is 0 Å². The molecular formula is C53H50N10O6S2. The number of hydrogen-bond acceptors (Lipinski definition) is 13. The topological polar surface area (TPSA) is 214 Å². The number of fused-ring (bicyclic) bond motifs is 2. The third-order valence-corrected chi connectivity index (χ3v) is 12.3. The molecule has 4 aromatic carbocycles. The van der Waals surface area contributed by atoms with Crippen molar-refractivity contribution in [1.82, 2.24) is 35.7 Å². The van der Waals surface area contributed by atoms with E-state index in [9.17, 15) is 14.4 Å². The van der Waals surface area contributed by atoms with Gasteiger partial charge in [-0.1, -0.05) is 60.7 Å². The zero-order valence-corrected chi connectivity index (χ0v) is 40.8. The number of hydrogen-bond donors (Lipinski definition) is 4. The summed E-state index contributed by atoms with van der Waals surface area (Å²) in [4.78, 5) is 52.3. The average molecular weight is 987 g/mol. The molecule has 3 amide bonds. The fourth-order valence-corrected chi connectivity index (χ4v) is 9.05. The second-order valence-electron chi connectivity index (χ2n) is 18.0. The Morgan fingerprint density at radius 1 is 0.662 bits per heavy atom. The summed E-state index contributed by atoms with van der Waals surface area (Å²) < 4.78 is 16.8. The van der Waals surface area contributed by atoms with Gasteiger partial charge in [-0.15, -0.1) is 10.2 Å². The van der Waals surface area contributed by atoms with Crippen molar-refractivity contribution in [3.63, 3.8) is 0 Å². The molecule has 0 unspecified atom stereocenters. The molecule has 0 fully saturated rings. The number of alkyl carbamates (subject to hydrolysis) is 1. The summed E-state index contributed by atoms with van der Waals surface area (Å²) in [5.41, 5.74) is 16.3. The second kappa shape index (κ2) is 21.0. The molecule has 2 aliphatic rings. The monoisotopic (exact) mass is 986 g/mol. The first-order valence-electron chi connectivity index (χ1n) is 23.0. The summed E-state index contributed by atoms with van der Waals surface area (Å²) in [6, 6.07) is 33.6. The van der Waals surface area contributed by atoms with Gasteiger partial charge in [0, 0.05) is 66.8 Å². The highest BCUT2D eigenvalue weighted by atomic mass is 32.1. The van der Waals surface area contributed by atoms with Gasteiger partial charge in [-0.25, -0.2) is 15.0 Å². The summed E-state index contributed by atoms with van der Waals surface area (Å²) in [6.07, 6.45) is 8.33. The molecule has 0 bridgehead atoms. The van der Waals surface area contributed by atoms with Gasteiger partial charge in [0.1, 0.15) is 11.6 Å². The third kappa shape index (κ3) is 11.3. The Labute approximate surface area is 419 Å². The summed E-state index contributed by atoms with van der Waals surface area (Å²) >= 11 is 10.2. The van der Waals surface area contributed by atoms with Crippen LogP contribution in [0.2, 0.25) is 0 Å². The highest BCUT2D eigenvalue weighted by Gasteiger charge is 2.36. The molecule has 5 N–H and O–H groups in total. The fourth-order valence-electron chi connectivity index (χ4n) is 8.80. The minimum Gasteiger partial charge on any atom is -0.444 e. The van der Waals surface area contributed by atoms with Crippen molar-refractivity contribution in [2.24, 2.45) is 5.73 Å². The van der Waals surface area contributed by atoms with E-state index in [1.807, 2.05) is 109 Å². The standard InChI is InChI=1S/C29H29N5O4S.C24H21N5O2S/c1-29(2,3)38-27(36)31-23(15-18-7-5-4-6-8-18)26(35)34-14-11-21-22(25-32-33-28(39)37-25)16-20(17-24(21)34)19-9-12-30-13-10-19;25-20(12-15-4-2-1-3-5-15)23(30)29-11-8-18-19(22-27-28-24(32)31-22)13-17(14-21(18)29)16-6-9-26-10-7-16/h4-10,12-13,16-17,23H,11,14-15H2,1-3H3,(H,31,36)(H,33,39);1-7,9-10,13-14,20H,8,11-12,25H2,(H,28,32)/t23-;20-/m00/s1. The molecule has 0 saturated carbocycles. The van der Waals surface area contributed by atoms with Crippen LogP contribution in [0.1, 0.15) is 43.0 Å². The molecule has 0 radical (unpaired) electrons. The van der Waals surface area contributed by atoms with Crippen LogP contribution in [0.4, 0.5) is 16.2 Å². The van der Waals surface area contributed by atoms with E-state index in [1.165, 1.54) is 0 Å². The molecule has 0 aliphatic carbocycles. The van der Waals surface area contributed by atoms with Crippen LogP contribution in [0, 0.1) is 9.67 Å². The number of H-pyrrole nitrogens is 2. The molecule has 8 aromatic rings. The number of aromatic amines is 2. The molecule has 0 saturated heterocycles. The molecule has 2 aliphatic heterocycles. The van der Waals surface area contributed by atoms with Crippen molar-refractivity contribution in [3.05, 3.63) is 166 Å². The predicted octanol–water partition coefficient (Wildman–Crippen LogP) is 9.41. The first-order chi connectivity index (χ1) is 34.3. The molecule has 0 spiro atoms. The lowest BCUT2D eigenvalue weighted by Gasteiger charge is -2.27. The normalized spacial score (nSPS) is 13.6. The largest absolute Gasteiger partial charge is 0.444 e.